The Balaban J connectivity index is 1.82. The molecule has 1 unspecified atom stereocenters. The summed E-state index contributed by atoms with van der Waals surface area (Å²) >= 11 is 0. The van der Waals surface area contributed by atoms with Crippen molar-refractivity contribution < 1.29 is 4.39 Å². The lowest BCUT2D eigenvalue weighted by atomic mass is 10.0. The topological polar surface area (TPSA) is 46.0 Å². The maximum Gasteiger partial charge on any atom is 0.123 e. The van der Waals surface area contributed by atoms with Gasteiger partial charge in [0.15, 0.2) is 0 Å². The second-order valence-corrected chi connectivity index (χ2v) is 5.09. The Labute approximate surface area is 117 Å². The van der Waals surface area contributed by atoms with Crippen molar-refractivity contribution in [1.29, 1.82) is 0 Å². The minimum Gasteiger partial charge on any atom is -0.314 e. The maximum absolute atomic E-state index is 13.4. The van der Waals surface area contributed by atoms with Crippen molar-refractivity contribution in [3.8, 4) is 0 Å². The number of aryl methyl sites for hydroxylation is 1. The highest BCUT2D eigenvalue weighted by atomic mass is 19.1. The zero-order valence-corrected chi connectivity index (χ0v) is 11.5. The molecule has 0 radical (unpaired) electrons. The molecule has 0 bridgehead atoms. The predicted octanol–water partition coefficient (Wildman–Crippen LogP) is 1.10. The third-order valence-electron chi connectivity index (χ3n) is 3.76. The van der Waals surface area contributed by atoms with E-state index < -0.39 is 0 Å². The molecule has 1 atom stereocenters. The van der Waals surface area contributed by atoms with Crippen molar-refractivity contribution in [2.75, 3.05) is 19.6 Å². The molecule has 1 fully saturated rings. The number of nitrogens with zero attached hydrogens (tertiary/aromatic N) is 4. The molecule has 2 aromatic rings. The molecule has 106 valence electrons. The fourth-order valence-corrected chi connectivity index (χ4v) is 2.64. The van der Waals surface area contributed by atoms with Gasteiger partial charge in [0.2, 0.25) is 0 Å². The first-order chi connectivity index (χ1) is 9.74. The zero-order chi connectivity index (χ0) is 13.9. The lowest BCUT2D eigenvalue weighted by Gasteiger charge is -2.36. The molecule has 1 aromatic carbocycles. The van der Waals surface area contributed by atoms with Crippen LogP contribution in [0.2, 0.25) is 0 Å². The van der Waals surface area contributed by atoms with Crippen molar-refractivity contribution in [1.82, 2.24) is 25.2 Å². The highest BCUT2D eigenvalue weighted by Gasteiger charge is 2.24. The lowest BCUT2D eigenvalue weighted by molar-refractivity contribution is 0.150. The maximum atomic E-state index is 13.4. The van der Waals surface area contributed by atoms with Crippen LogP contribution in [0.3, 0.4) is 0 Å². The van der Waals surface area contributed by atoms with Crippen molar-refractivity contribution in [3.05, 3.63) is 47.5 Å². The number of aromatic nitrogens is 3. The van der Waals surface area contributed by atoms with Crippen molar-refractivity contribution >= 4 is 0 Å². The number of nitrogens with one attached hydrogen (secondary N) is 1. The van der Waals surface area contributed by atoms with Crippen LogP contribution in [-0.2, 0) is 13.6 Å². The first-order valence-electron chi connectivity index (χ1n) is 6.78. The normalized spacial score (nSPS) is 20.2. The smallest absolute Gasteiger partial charge is 0.123 e. The molecule has 3 rings (SSSR count). The molecule has 1 aromatic heterocycles. The largest absolute Gasteiger partial charge is 0.314 e. The number of halogens is 1. The van der Waals surface area contributed by atoms with Gasteiger partial charge in [-0.25, -0.2) is 4.39 Å². The highest BCUT2D eigenvalue weighted by Crippen LogP contribution is 2.24. The zero-order valence-electron chi connectivity index (χ0n) is 11.5. The van der Waals surface area contributed by atoms with E-state index in [9.17, 15) is 4.39 Å². The summed E-state index contributed by atoms with van der Waals surface area (Å²) in [5, 5.41) is 11.2. The number of benzene rings is 1. The Morgan fingerprint density at radius 2 is 2.35 bits per heavy atom. The average molecular weight is 275 g/mol. The van der Waals surface area contributed by atoms with Crippen LogP contribution in [0.5, 0.6) is 0 Å². The van der Waals surface area contributed by atoms with Crippen LogP contribution in [0.4, 0.5) is 4.39 Å². The van der Waals surface area contributed by atoms with Gasteiger partial charge in [-0.3, -0.25) is 9.58 Å². The van der Waals surface area contributed by atoms with E-state index in [4.69, 9.17) is 0 Å². The minimum atomic E-state index is -0.185. The predicted molar refractivity (Wildman–Crippen MR) is 73.4 cm³/mol. The van der Waals surface area contributed by atoms with Crippen LogP contribution >= 0.6 is 0 Å². The summed E-state index contributed by atoms with van der Waals surface area (Å²) in [5.41, 5.74) is 2.07. The van der Waals surface area contributed by atoms with E-state index in [0.29, 0.717) is 0 Å². The lowest BCUT2D eigenvalue weighted by Crippen LogP contribution is -2.45. The molecule has 6 heteroatoms. The molecule has 0 amide bonds. The van der Waals surface area contributed by atoms with Gasteiger partial charge in [0.1, 0.15) is 5.82 Å². The number of piperazine rings is 1. The van der Waals surface area contributed by atoms with Crippen LogP contribution in [0.25, 0.3) is 0 Å². The molecular formula is C14H18FN5. The number of hydrogen-bond acceptors (Lipinski definition) is 4. The molecule has 2 heterocycles. The Hall–Kier alpha value is -1.79. The summed E-state index contributed by atoms with van der Waals surface area (Å²) in [4.78, 5) is 2.34. The fraction of sp³-hybridized carbons (Fsp3) is 0.429. The van der Waals surface area contributed by atoms with Gasteiger partial charge in [-0.2, -0.15) is 0 Å². The van der Waals surface area contributed by atoms with Crippen LogP contribution in [0, 0.1) is 5.82 Å². The van der Waals surface area contributed by atoms with E-state index in [2.05, 4.69) is 20.5 Å². The third kappa shape index (κ3) is 2.71. The van der Waals surface area contributed by atoms with E-state index in [-0.39, 0.29) is 11.9 Å². The Bertz CT molecular complexity index is 582. The minimum absolute atomic E-state index is 0.175. The quantitative estimate of drug-likeness (QED) is 0.911. The first kappa shape index (κ1) is 13.2. The van der Waals surface area contributed by atoms with Gasteiger partial charge < -0.3 is 5.32 Å². The molecule has 1 saturated heterocycles. The van der Waals surface area contributed by atoms with Gasteiger partial charge in [0, 0.05) is 39.3 Å². The van der Waals surface area contributed by atoms with E-state index in [1.54, 1.807) is 23.0 Å². The second kappa shape index (κ2) is 5.68. The van der Waals surface area contributed by atoms with Crippen LogP contribution in [0.1, 0.15) is 17.3 Å². The monoisotopic (exact) mass is 275 g/mol. The molecule has 1 aliphatic heterocycles. The van der Waals surface area contributed by atoms with E-state index in [1.165, 1.54) is 6.07 Å². The van der Waals surface area contributed by atoms with Crippen LogP contribution in [-0.4, -0.2) is 39.5 Å². The van der Waals surface area contributed by atoms with Gasteiger partial charge in [-0.05, 0) is 17.7 Å². The molecule has 5 nitrogen and oxygen atoms in total. The summed E-state index contributed by atoms with van der Waals surface area (Å²) in [5.74, 6) is -0.185. The van der Waals surface area contributed by atoms with Crippen molar-refractivity contribution in [2.45, 2.75) is 12.6 Å². The number of rotatable bonds is 3. The highest BCUT2D eigenvalue weighted by molar-refractivity contribution is 5.21. The summed E-state index contributed by atoms with van der Waals surface area (Å²) < 4.78 is 15.2. The van der Waals surface area contributed by atoms with E-state index >= 15 is 0 Å². The summed E-state index contributed by atoms with van der Waals surface area (Å²) in [6.07, 6.45) is 1.78. The van der Waals surface area contributed by atoms with E-state index in [1.807, 2.05) is 13.1 Å². The summed E-state index contributed by atoms with van der Waals surface area (Å²) in [6, 6.07) is 7.02. The standard InChI is InChI=1S/C14H18FN5/c1-19-13(8-17-18-19)10-20-6-5-16-9-14(20)11-3-2-4-12(15)7-11/h2-4,7-8,14,16H,5-6,9-10H2,1H3. The first-order valence-corrected chi connectivity index (χ1v) is 6.78. The second-order valence-electron chi connectivity index (χ2n) is 5.09. The van der Waals surface area contributed by atoms with Crippen molar-refractivity contribution in [3.63, 3.8) is 0 Å². The summed E-state index contributed by atoms with van der Waals surface area (Å²) in [6.45, 7) is 3.46. The van der Waals surface area contributed by atoms with Crippen LogP contribution in [0.15, 0.2) is 30.5 Å². The van der Waals surface area contributed by atoms with E-state index in [0.717, 1.165) is 37.4 Å². The molecule has 0 spiro atoms. The summed E-state index contributed by atoms with van der Waals surface area (Å²) in [7, 11) is 1.89. The molecule has 0 saturated carbocycles. The molecule has 20 heavy (non-hydrogen) atoms. The number of hydrogen-bond donors (Lipinski definition) is 1. The average Bonchev–Trinajstić information content (AvgIpc) is 2.85. The van der Waals surface area contributed by atoms with Crippen molar-refractivity contribution in [2.24, 2.45) is 7.05 Å². The molecular weight excluding hydrogens is 257 g/mol. The SMILES string of the molecule is Cn1nncc1CN1CCNCC1c1cccc(F)c1. The third-order valence-corrected chi connectivity index (χ3v) is 3.76. The molecule has 1 aliphatic rings. The Kier molecular flexibility index (Phi) is 3.75. The van der Waals surface area contributed by atoms with Gasteiger partial charge in [0.25, 0.3) is 0 Å². The van der Waals surface area contributed by atoms with Crippen LogP contribution < -0.4 is 5.32 Å². The van der Waals surface area contributed by atoms with Gasteiger partial charge in [-0.15, -0.1) is 5.10 Å². The Morgan fingerprint density at radius 1 is 1.45 bits per heavy atom. The van der Waals surface area contributed by atoms with Gasteiger partial charge in [-0.1, -0.05) is 17.3 Å². The van der Waals surface area contributed by atoms with Gasteiger partial charge >= 0.3 is 0 Å². The van der Waals surface area contributed by atoms with Gasteiger partial charge in [0.05, 0.1) is 11.9 Å². The molecule has 0 aliphatic carbocycles. The molecule has 1 N–H and O–H groups in total. The Morgan fingerprint density at radius 3 is 3.10 bits per heavy atom. The fourth-order valence-electron chi connectivity index (χ4n) is 2.64.